The number of benzene rings is 1. The van der Waals surface area contributed by atoms with Crippen LogP contribution >= 0.6 is 11.6 Å². The minimum Gasteiger partial charge on any atom is -0.495 e. The van der Waals surface area contributed by atoms with E-state index in [4.69, 9.17) is 16.3 Å². The van der Waals surface area contributed by atoms with Crippen LogP contribution in [0.4, 0.5) is 0 Å². The molecule has 1 N–H and O–H groups in total. The van der Waals surface area contributed by atoms with Gasteiger partial charge in [0.15, 0.2) is 12.1 Å². The van der Waals surface area contributed by atoms with Crippen LogP contribution in [0, 0.1) is 6.92 Å². The Morgan fingerprint density at radius 2 is 2.24 bits per heavy atom. The number of aromatic amines is 1. The highest BCUT2D eigenvalue weighted by Gasteiger charge is 2.10. The van der Waals surface area contributed by atoms with Gasteiger partial charge in [-0.3, -0.25) is 4.79 Å². The highest BCUT2D eigenvalue weighted by molar-refractivity contribution is 6.32. The maximum Gasteiger partial charge on any atom is 0.185 e. The van der Waals surface area contributed by atoms with E-state index in [0.29, 0.717) is 22.9 Å². The standard InChI is InChI=1S/C12H11ClN2O2/c1-7-12(15-11(6-16)14-7)8-3-4-10(17-2)9(13)5-8/h3-6H,1-2H3,(H,14,15). The average Bonchev–Trinajstić information content (AvgIpc) is 2.70. The number of carbonyl (C=O) groups is 1. The molecule has 5 heteroatoms. The smallest absolute Gasteiger partial charge is 0.185 e. The molecule has 1 heterocycles. The van der Waals surface area contributed by atoms with Crippen LogP contribution in [0.5, 0.6) is 5.75 Å². The maximum absolute atomic E-state index is 10.6. The lowest BCUT2D eigenvalue weighted by atomic mass is 10.1. The molecule has 2 rings (SSSR count). The summed E-state index contributed by atoms with van der Waals surface area (Å²) in [7, 11) is 1.56. The minimum absolute atomic E-state index is 0.310. The Labute approximate surface area is 104 Å². The molecule has 1 aromatic heterocycles. The molecule has 0 fully saturated rings. The normalized spacial score (nSPS) is 10.3. The van der Waals surface area contributed by atoms with Crippen molar-refractivity contribution in [3.8, 4) is 17.0 Å². The van der Waals surface area contributed by atoms with Crippen LogP contribution in [0.1, 0.15) is 16.3 Å². The van der Waals surface area contributed by atoms with Gasteiger partial charge in [0.25, 0.3) is 0 Å². The van der Waals surface area contributed by atoms with Crippen LogP contribution in [-0.4, -0.2) is 23.4 Å². The number of aldehydes is 1. The number of nitrogens with one attached hydrogen (secondary N) is 1. The number of methoxy groups -OCH3 is 1. The predicted octanol–water partition coefficient (Wildman–Crippen LogP) is 2.86. The second-order valence-corrected chi connectivity index (χ2v) is 3.97. The molecule has 0 aliphatic carbocycles. The zero-order chi connectivity index (χ0) is 12.4. The number of hydrogen-bond donors (Lipinski definition) is 1. The Hall–Kier alpha value is -1.81. The van der Waals surface area contributed by atoms with Gasteiger partial charge in [-0.05, 0) is 25.1 Å². The topological polar surface area (TPSA) is 55.0 Å². The summed E-state index contributed by atoms with van der Waals surface area (Å²) in [6, 6.07) is 5.38. The number of rotatable bonds is 3. The monoisotopic (exact) mass is 250 g/mol. The van der Waals surface area contributed by atoms with Gasteiger partial charge < -0.3 is 9.72 Å². The number of hydrogen-bond acceptors (Lipinski definition) is 3. The molecule has 0 unspecified atom stereocenters. The van der Waals surface area contributed by atoms with Gasteiger partial charge in [0.05, 0.1) is 17.8 Å². The summed E-state index contributed by atoms with van der Waals surface area (Å²) >= 11 is 6.04. The fourth-order valence-electron chi connectivity index (χ4n) is 1.63. The minimum atomic E-state index is 0.310. The number of aryl methyl sites for hydroxylation is 1. The number of carbonyl (C=O) groups excluding carboxylic acids is 1. The zero-order valence-corrected chi connectivity index (χ0v) is 10.2. The van der Waals surface area contributed by atoms with E-state index in [1.165, 1.54) is 0 Å². The molecule has 0 amide bonds. The molecule has 0 aliphatic rings. The first-order chi connectivity index (χ1) is 8.15. The first-order valence-corrected chi connectivity index (χ1v) is 5.39. The third-order valence-electron chi connectivity index (χ3n) is 2.44. The summed E-state index contributed by atoms with van der Waals surface area (Å²) in [4.78, 5) is 17.7. The van der Waals surface area contributed by atoms with Gasteiger partial charge in [0.1, 0.15) is 5.75 Å². The molecule has 0 bridgehead atoms. The summed E-state index contributed by atoms with van der Waals surface area (Å²) < 4.78 is 5.08. The number of aromatic nitrogens is 2. The summed E-state index contributed by atoms with van der Waals surface area (Å²) in [5.74, 6) is 0.920. The van der Waals surface area contributed by atoms with Gasteiger partial charge in [-0.15, -0.1) is 0 Å². The van der Waals surface area contributed by atoms with E-state index in [1.54, 1.807) is 19.2 Å². The van der Waals surface area contributed by atoms with Gasteiger partial charge in [-0.25, -0.2) is 4.98 Å². The first kappa shape index (κ1) is 11.7. The summed E-state index contributed by atoms with van der Waals surface area (Å²) in [6.45, 7) is 1.85. The molecule has 0 saturated heterocycles. The molecule has 88 valence electrons. The van der Waals surface area contributed by atoms with Gasteiger partial charge in [0.2, 0.25) is 0 Å². The molecule has 0 atom stereocenters. The fourth-order valence-corrected chi connectivity index (χ4v) is 1.89. The van der Waals surface area contributed by atoms with Crippen molar-refractivity contribution in [1.82, 2.24) is 9.97 Å². The largest absolute Gasteiger partial charge is 0.495 e. The van der Waals surface area contributed by atoms with Crippen LogP contribution < -0.4 is 4.74 Å². The molecule has 4 nitrogen and oxygen atoms in total. The zero-order valence-electron chi connectivity index (χ0n) is 9.45. The van der Waals surface area contributed by atoms with E-state index in [0.717, 1.165) is 17.0 Å². The Morgan fingerprint density at radius 1 is 1.47 bits per heavy atom. The Kier molecular flexibility index (Phi) is 3.15. The third kappa shape index (κ3) is 2.17. The number of halogens is 1. The molecular weight excluding hydrogens is 240 g/mol. The molecule has 17 heavy (non-hydrogen) atoms. The summed E-state index contributed by atoms with van der Waals surface area (Å²) in [5.41, 5.74) is 2.39. The van der Waals surface area contributed by atoms with E-state index in [9.17, 15) is 4.79 Å². The van der Waals surface area contributed by atoms with Crippen molar-refractivity contribution in [3.63, 3.8) is 0 Å². The van der Waals surface area contributed by atoms with Crippen molar-refractivity contribution in [1.29, 1.82) is 0 Å². The SMILES string of the molecule is COc1ccc(-c2nc(C=O)[nH]c2C)cc1Cl. The molecule has 0 saturated carbocycles. The Balaban J connectivity index is 2.49. The van der Waals surface area contributed by atoms with Crippen LogP contribution in [0.3, 0.4) is 0 Å². The highest BCUT2D eigenvalue weighted by atomic mass is 35.5. The quantitative estimate of drug-likeness (QED) is 0.853. The van der Waals surface area contributed by atoms with E-state index >= 15 is 0 Å². The van der Waals surface area contributed by atoms with Crippen molar-refractivity contribution in [2.75, 3.05) is 7.11 Å². The summed E-state index contributed by atoms with van der Waals surface area (Å²) in [5, 5.41) is 0.514. The first-order valence-electron chi connectivity index (χ1n) is 5.01. The van der Waals surface area contributed by atoms with Gasteiger partial charge in [-0.1, -0.05) is 11.6 Å². The van der Waals surface area contributed by atoms with Crippen molar-refractivity contribution in [3.05, 3.63) is 34.7 Å². The Bertz CT molecular complexity index is 564. The Morgan fingerprint density at radius 3 is 2.76 bits per heavy atom. The van der Waals surface area contributed by atoms with Crippen LogP contribution in [0.25, 0.3) is 11.3 Å². The van der Waals surface area contributed by atoms with E-state index in [1.807, 2.05) is 13.0 Å². The number of ether oxygens (including phenoxy) is 1. The van der Waals surface area contributed by atoms with Crippen LogP contribution in [0.2, 0.25) is 5.02 Å². The van der Waals surface area contributed by atoms with Crippen molar-refractivity contribution >= 4 is 17.9 Å². The highest BCUT2D eigenvalue weighted by Crippen LogP contribution is 2.30. The maximum atomic E-state index is 10.6. The van der Waals surface area contributed by atoms with Crippen LogP contribution in [-0.2, 0) is 0 Å². The third-order valence-corrected chi connectivity index (χ3v) is 2.74. The fraction of sp³-hybridized carbons (Fsp3) is 0.167. The van der Waals surface area contributed by atoms with Gasteiger partial charge in [-0.2, -0.15) is 0 Å². The van der Waals surface area contributed by atoms with E-state index in [-0.39, 0.29) is 0 Å². The second kappa shape index (κ2) is 4.59. The molecule has 1 aromatic carbocycles. The lowest BCUT2D eigenvalue weighted by molar-refractivity contribution is 0.111. The number of imidazole rings is 1. The molecule has 0 aliphatic heterocycles. The van der Waals surface area contributed by atoms with Crippen molar-refractivity contribution in [2.24, 2.45) is 0 Å². The van der Waals surface area contributed by atoms with E-state index in [2.05, 4.69) is 9.97 Å². The number of nitrogens with zero attached hydrogens (tertiary/aromatic N) is 1. The van der Waals surface area contributed by atoms with Gasteiger partial charge in [0, 0.05) is 11.3 Å². The molecule has 0 radical (unpaired) electrons. The van der Waals surface area contributed by atoms with Crippen LogP contribution in [0.15, 0.2) is 18.2 Å². The van der Waals surface area contributed by atoms with Gasteiger partial charge >= 0.3 is 0 Å². The average molecular weight is 251 g/mol. The lowest BCUT2D eigenvalue weighted by Gasteiger charge is -2.04. The second-order valence-electron chi connectivity index (χ2n) is 3.56. The predicted molar refractivity (Wildman–Crippen MR) is 65.7 cm³/mol. The molecule has 2 aromatic rings. The lowest BCUT2D eigenvalue weighted by Crippen LogP contribution is -1.86. The summed E-state index contributed by atoms with van der Waals surface area (Å²) in [6.07, 6.45) is 0.682. The van der Waals surface area contributed by atoms with E-state index < -0.39 is 0 Å². The number of H-pyrrole nitrogens is 1. The van der Waals surface area contributed by atoms with Crippen molar-refractivity contribution in [2.45, 2.75) is 6.92 Å². The molecular formula is C12H11ClN2O2. The van der Waals surface area contributed by atoms with Crippen molar-refractivity contribution < 1.29 is 9.53 Å². The molecule has 0 spiro atoms.